The van der Waals surface area contributed by atoms with Crippen LogP contribution in [0, 0.1) is 0 Å². The molecule has 3 aromatic carbocycles. The van der Waals surface area contributed by atoms with Gasteiger partial charge in [-0.3, -0.25) is 9.59 Å². The summed E-state index contributed by atoms with van der Waals surface area (Å²) in [6.45, 7) is 1.04. The first-order chi connectivity index (χ1) is 13.0. The third kappa shape index (κ3) is 4.58. The predicted molar refractivity (Wildman–Crippen MR) is 104 cm³/mol. The number of fused-ring (bicyclic) bond motifs is 1. The molecule has 3 rings (SSSR count). The number of rotatable bonds is 6. The van der Waals surface area contributed by atoms with Crippen molar-refractivity contribution in [1.29, 1.82) is 0 Å². The molecule has 27 heavy (non-hydrogen) atoms. The van der Waals surface area contributed by atoms with E-state index in [-0.39, 0.29) is 30.3 Å². The summed E-state index contributed by atoms with van der Waals surface area (Å²) >= 11 is 0. The van der Waals surface area contributed by atoms with E-state index in [1.165, 1.54) is 6.92 Å². The largest absolute Gasteiger partial charge is 0.454 e. The molecule has 5 nitrogen and oxygen atoms in total. The van der Waals surface area contributed by atoms with Crippen molar-refractivity contribution < 1.29 is 19.1 Å². The van der Waals surface area contributed by atoms with Crippen LogP contribution >= 0.6 is 0 Å². The van der Waals surface area contributed by atoms with Gasteiger partial charge in [-0.25, -0.2) is 4.79 Å². The van der Waals surface area contributed by atoms with Gasteiger partial charge >= 0.3 is 5.97 Å². The van der Waals surface area contributed by atoms with Crippen LogP contribution < -0.4 is 5.32 Å². The summed E-state index contributed by atoms with van der Waals surface area (Å²) in [5.74, 6) is -1.13. The molecule has 0 aromatic heterocycles. The van der Waals surface area contributed by atoms with Crippen LogP contribution in [0.5, 0.6) is 0 Å². The van der Waals surface area contributed by atoms with Gasteiger partial charge in [0.05, 0.1) is 17.7 Å². The van der Waals surface area contributed by atoms with Crippen LogP contribution in [-0.4, -0.2) is 24.3 Å². The Morgan fingerprint density at radius 2 is 1.59 bits per heavy atom. The highest BCUT2D eigenvalue weighted by Gasteiger charge is 2.15. The van der Waals surface area contributed by atoms with E-state index in [0.717, 1.165) is 16.3 Å². The number of carbonyl (C=O) groups is 3. The van der Waals surface area contributed by atoms with Crippen molar-refractivity contribution >= 4 is 34.1 Å². The first-order valence-electron chi connectivity index (χ1n) is 8.56. The van der Waals surface area contributed by atoms with Crippen LogP contribution in [-0.2, 0) is 20.7 Å². The minimum atomic E-state index is -0.647. The van der Waals surface area contributed by atoms with Gasteiger partial charge < -0.3 is 10.1 Å². The Hall–Kier alpha value is -3.47. The lowest BCUT2D eigenvalue weighted by Crippen LogP contribution is -2.18. The lowest BCUT2D eigenvalue weighted by Gasteiger charge is -2.11. The molecule has 0 aliphatic rings. The highest BCUT2D eigenvalue weighted by Crippen LogP contribution is 2.21. The second-order valence-corrected chi connectivity index (χ2v) is 6.19. The van der Waals surface area contributed by atoms with Crippen LogP contribution in [0.3, 0.4) is 0 Å². The topological polar surface area (TPSA) is 72.5 Å². The van der Waals surface area contributed by atoms with Crippen LogP contribution in [0.2, 0.25) is 0 Å². The maximum atomic E-state index is 12.5. The van der Waals surface area contributed by atoms with E-state index in [9.17, 15) is 14.4 Å². The molecule has 0 aliphatic carbocycles. The van der Waals surface area contributed by atoms with Gasteiger partial charge in [-0.05, 0) is 35.4 Å². The summed E-state index contributed by atoms with van der Waals surface area (Å²) < 4.78 is 4.95. The number of anilines is 1. The number of hydrogen-bond donors (Lipinski definition) is 1. The number of ether oxygens (including phenoxy) is 1. The van der Waals surface area contributed by atoms with E-state index in [1.807, 2.05) is 42.5 Å². The molecule has 0 bridgehead atoms. The Morgan fingerprint density at radius 3 is 2.41 bits per heavy atom. The summed E-state index contributed by atoms with van der Waals surface area (Å²) in [5, 5.41) is 4.85. The zero-order valence-electron chi connectivity index (χ0n) is 14.9. The van der Waals surface area contributed by atoms with E-state index in [4.69, 9.17) is 4.74 Å². The van der Waals surface area contributed by atoms with Gasteiger partial charge in [0, 0.05) is 0 Å². The fourth-order valence-electron chi connectivity index (χ4n) is 2.83. The summed E-state index contributed by atoms with van der Waals surface area (Å²) in [7, 11) is 0. The number of nitrogens with one attached hydrogen (secondary N) is 1. The van der Waals surface area contributed by atoms with Gasteiger partial charge in [0.15, 0.2) is 5.78 Å². The second kappa shape index (κ2) is 8.27. The number of esters is 1. The molecule has 1 amide bonds. The van der Waals surface area contributed by atoms with E-state index >= 15 is 0 Å². The van der Waals surface area contributed by atoms with Crippen molar-refractivity contribution in [3.63, 3.8) is 0 Å². The number of amides is 1. The van der Waals surface area contributed by atoms with Crippen molar-refractivity contribution in [2.45, 2.75) is 13.3 Å². The molecular formula is C22H19NO4. The van der Waals surface area contributed by atoms with E-state index in [0.29, 0.717) is 5.69 Å². The molecule has 1 N–H and O–H groups in total. The Balaban J connectivity index is 1.76. The molecule has 0 unspecified atom stereocenters. The normalized spacial score (nSPS) is 10.4. The van der Waals surface area contributed by atoms with Crippen molar-refractivity contribution in [3.05, 3.63) is 77.9 Å². The molecule has 136 valence electrons. The Kier molecular flexibility index (Phi) is 5.61. The predicted octanol–water partition coefficient (Wildman–Crippen LogP) is 3.77. The number of para-hydroxylation sites is 1. The fourth-order valence-corrected chi connectivity index (χ4v) is 2.83. The molecule has 0 heterocycles. The van der Waals surface area contributed by atoms with Crippen LogP contribution in [0.25, 0.3) is 10.8 Å². The summed E-state index contributed by atoms with van der Waals surface area (Å²) in [6, 6.07) is 20.3. The van der Waals surface area contributed by atoms with Crippen molar-refractivity contribution in [2.24, 2.45) is 0 Å². The summed E-state index contributed by atoms with van der Waals surface area (Å²) in [4.78, 5) is 35.7. The molecule has 0 saturated carbocycles. The Morgan fingerprint density at radius 1 is 0.889 bits per heavy atom. The Bertz CT molecular complexity index is 1000. The lowest BCUT2D eigenvalue weighted by atomic mass is 10.0. The molecule has 0 aliphatic heterocycles. The molecule has 3 aromatic rings. The molecule has 0 radical (unpaired) electrons. The summed E-state index contributed by atoms with van der Waals surface area (Å²) in [6.07, 6.45) is 0.179. The maximum absolute atomic E-state index is 12.5. The number of carbonyl (C=O) groups excluding carboxylic acids is 3. The molecule has 0 spiro atoms. The van der Waals surface area contributed by atoms with Crippen LogP contribution in [0.15, 0.2) is 66.7 Å². The lowest BCUT2D eigenvalue weighted by molar-refractivity contribution is -0.120. The monoisotopic (exact) mass is 361 g/mol. The van der Waals surface area contributed by atoms with Gasteiger partial charge in [-0.1, -0.05) is 54.6 Å². The first-order valence-corrected chi connectivity index (χ1v) is 8.56. The van der Waals surface area contributed by atoms with Gasteiger partial charge in [-0.15, -0.1) is 0 Å². The first kappa shape index (κ1) is 18.3. The number of ketones is 1. The molecule has 0 fully saturated rings. The van der Waals surface area contributed by atoms with Crippen LogP contribution in [0.4, 0.5) is 5.69 Å². The average Bonchev–Trinajstić information content (AvgIpc) is 2.67. The fraction of sp³-hybridized carbons (Fsp3) is 0.136. The minimum absolute atomic E-state index is 0.179. The smallest absolute Gasteiger partial charge is 0.340 e. The van der Waals surface area contributed by atoms with Gasteiger partial charge in [0.1, 0.15) is 6.61 Å². The minimum Gasteiger partial charge on any atom is -0.454 e. The second-order valence-electron chi connectivity index (χ2n) is 6.19. The van der Waals surface area contributed by atoms with Gasteiger partial charge in [-0.2, -0.15) is 0 Å². The highest BCUT2D eigenvalue weighted by atomic mass is 16.5. The standard InChI is InChI=1S/C22H19NO4/c1-15(24)14-27-22(26)19-11-4-5-12-20(19)23-21(25)13-17-9-6-8-16-7-2-3-10-18(16)17/h2-12H,13-14H2,1H3,(H,23,25). The molecule has 0 atom stereocenters. The van der Waals surface area contributed by atoms with Crippen molar-refractivity contribution in [1.82, 2.24) is 0 Å². The molecule has 0 saturated heterocycles. The van der Waals surface area contributed by atoms with Gasteiger partial charge in [0.25, 0.3) is 0 Å². The van der Waals surface area contributed by atoms with E-state index in [1.54, 1.807) is 24.3 Å². The molecular weight excluding hydrogens is 342 g/mol. The zero-order chi connectivity index (χ0) is 19.2. The highest BCUT2D eigenvalue weighted by molar-refractivity contribution is 6.03. The number of Topliss-reactive ketones (excluding diaryl/α,β-unsaturated/α-hetero) is 1. The van der Waals surface area contributed by atoms with Gasteiger partial charge in [0.2, 0.25) is 5.91 Å². The summed E-state index contributed by atoms with van der Waals surface area (Å²) in [5.41, 5.74) is 1.48. The third-order valence-corrected chi connectivity index (χ3v) is 4.06. The number of benzene rings is 3. The van der Waals surface area contributed by atoms with Crippen LogP contribution in [0.1, 0.15) is 22.8 Å². The van der Waals surface area contributed by atoms with Crippen molar-refractivity contribution in [2.75, 3.05) is 11.9 Å². The maximum Gasteiger partial charge on any atom is 0.340 e. The zero-order valence-corrected chi connectivity index (χ0v) is 14.9. The Labute approximate surface area is 157 Å². The number of hydrogen-bond acceptors (Lipinski definition) is 4. The SMILES string of the molecule is CC(=O)COC(=O)c1ccccc1NC(=O)Cc1cccc2ccccc12. The third-order valence-electron chi connectivity index (χ3n) is 4.06. The van der Waals surface area contributed by atoms with E-state index < -0.39 is 5.97 Å². The molecule has 5 heteroatoms. The van der Waals surface area contributed by atoms with E-state index in [2.05, 4.69) is 5.32 Å². The quantitative estimate of drug-likeness (QED) is 0.679. The van der Waals surface area contributed by atoms with Crippen molar-refractivity contribution in [3.8, 4) is 0 Å². The average molecular weight is 361 g/mol.